The summed E-state index contributed by atoms with van der Waals surface area (Å²) in [5.74, 6) is 2.06. The summed E-state index contributed by atoms with van der Waals surface area (Å²) in [5, 5.41) is 0. The van der Waals surface area contributed by atoms with Crippen LogP contribution in [0.3, 0.4) is 0 Å². The number of hydrogen-bond donors (Lipinski definition) is 1. The summed E-state index contributed by atoms with van der Waals surface area (Å²) in [6.07, 6.45) is 10.2. The summed E-state index contributed by atoms with van der Waals surface area (Å²) in [6.45, 7) is 5.78. The highest BCUT2D eigenvalue weighted by atomic mass is 16.5. The molecule has 164 valence electrons. The zero-order chi connectivity index (χ0) is 20.8. The van der Waals surface area contributed by atoms with Gasteiger partial charge in [-0.05, 0) is 25.7 Å². The second-order valence-corrected chi connectivity index (χ2v) is 9.19. The normalized spacial score (nSPS) is 26.8. The Kier molecular flexibility index (Phi) is 4.87. The highest BCUT2D eigenvalue weighted by Crippen LogP contribution is 2.33. The van der Waals surface area contributed by atoms with E-state index in [1.165, 1.54) is 19.3 Å². The summed E-state index contributed by atoms with van der Waals surface area (Å²) >= 11 is 0. The number of rotatable bonds is 4. The maximum absolute atomic E-state index is 5.92. The third-order valence-corrected chi connectivity index (χ3v) is 7.34. The molecule has 0 aromatic carbocycles. The van der Waals surface area contributed by atoms with Gasteiger partial charge >= 0.3 is 0 Å². The smallest absolute Gasteiger partial charge is 0.227 e. The number of piperazine rings is 1. The van der Waals surface area contributed by atoms with E-state index in [2.05, 4.69) is 30.7 Å². The summed E-state index contributed by atoms with van der Waals surface area (Å²) < 4.78 is 5.92. The van der Waals surface area contributed by atoms with Gasteiger partial charge in [-0.2, -0.15) is 4.98 Å². The van der Waals surface area contributed by atoms with Crippen molar-refractivity contribution in [2.24, 2.45) is 0 Å². The summed E-state index contributed by atoms with van der Waals surface area (Å²) in [7, 11) is 0. The van der Waals surface area contributed by atoms with E-state index in [1.54, 1.807) is 12.4 Å². The Morgan fingerprint density at radius 3 is 2.35 bits per heavy atom. The minimum atomic E-state index is 0.274. The summed E-state index contributed by atoms with van der Waals surface area (Å²) in [4.78, 5) is 25.7. The molecule has 0 amide bonds. The largest absolute Gasteiger partial charge is 0.374 e. The van der Waals surface area contributed by atoms with Crippen LogP contribution in [-0.2, 0) is 4.74 Å². The second kappa shape index (κ2) is 7.87. The van der Waals surface area contributed by atoms with E-state index in [9.17, 15) is 0 Å². The molecule has 6 heterocycles. The number of nitrogens with zero attached hydrogens (tertiary/aromatic N) is 7. The third kappa shape index (κ3) is 3.70. The number of fused-ring (bicyclic) bond motifs is 3. The highest BCUT2D eigenvalue weighted by molar-refractivity contribution is 5.64. The van der Waals surface area contributed by atoms with Gasteiger partial charge in [-0.15, -0.1) is 0 Å². The fourth-order valence-electron chi connectivity index (χ4n) is 5.20. The van der Waals surface area contributed by atoms with Crippen molar-refractivity contribution in [1.29, 1.82) is 0 Å². The minimum absolute atomic E-state index is 0.274. The minimum Gasteiger partial charge on any atom is -0.374 e. The molecule has 5 aliphatic rings. The van der Waals surface area contributed by atoms with Gasteiger partial charge in [-0.25, -0.2) is 15.0 Å². The molecule has 0 unspecified atom stereocenters. The maximum atomic E-state index is 5.92. The Hall–Kier alpha value is -2.52. The lowest BCUT2D eigenvalue weighted by Gasteiger charge is -2.46. The fraction of sp³-hybridized carbons (Fsp3) is 0.636. The molecular formula is C22H30N8O. The van der Waals surface area contributed by atoms with Gasteiger partial charge < -0.3 is 20.3 Å². The van der Waals surface area contributed by atoms with Crippen molar-refractivity contribution in [2.75, 3.05) is 54.9 Å². The topological polar surface area (TPSA) is 96.5 Å². The lowest BCUT2D eigenvalue weighted by molar-refractivity contribution is -0.0228. The number of morpholine rings is 1. The molecule has 4 aliphatic heterocycles. The monoisotopic (exact) mass is 422 g/mol. The number of hydrogen-bond acceptors (Lipinski definition) is 9. The molecule has 31 heavy (non-hydrogen) atoms. The molecule has 5 fully saturated rings. The van der Waals surface area contributed by atoms with Crippen LogP contribution in [-0.4, -0.2) is 82.4 Å². The van der Waals surface area contributed by atoms with Gasteiger partial charge in [0.2, 0.25) is 11.9 Å². The number of nitrogens with two attached hydrogens (primary N) is 1. The Balaban J connectivity index is 1.31. The molecule has 4 saturated heterocycles. The molecule has 2 aromatic heterocycles. The molecule has 2 N–H and O–H groups in total. The highest BCUT2D eigenvalue weighted by Gasteiger charge is 2.36. The molecule has 2 aromatic rings. The predicted octanol–water partition coefficient (Wildman–Crippen LogP) is 1.56. The zero-order valence-corrected chi connectivity index (χ0v) is 17.9. The fourth-order valence-corrected chi connectivity index (χ4v) is 5.20. The lowest BCUT2D eigenvalue weighted by Crippen LogP contribution is -2.55. The van der Waals surface area contributed by atoms with E-state index in [-0.39, 0.29) is 5.95 Å². The predicted molar refractivity (Wildman–Crippen MR) is 119 cm³/mol. The van der Waals surface area contributed by atoms with Gasteiger partial charge in [-0.1, -0.05) is 6.42 Å². The first-order chi connectivity index (χ1) is 15.2. The number of aromatic nitrogens is 4. The first kappa shape index (κ1) is 19.2. The van der Waals surface area contributed by atoms with Crippen molar-refractivity contribution >= 4 is 17.7 Å². The maximum Gasteiger partial charge on any atom is 0.227 e. The number of anilines is 3. The molecule has 1 aliphatic carbocycles. The van der Waals surface area contributed by atoms with E-state index in [4.69, 9.17) is 20.4 Å². The Labute approximate surface area is 182 Å². The quantitative estimate of drug-likeness (QED) is 0.787. The van der Waals surface area contributed by atoms with E-state index in [1.807, 2.05) is 0 Å². The molecule has 0 radical (unpaired) electrons. The van der Waals surface area contributed by atoms with Crippen LogP contribution in [0.25, 0.3) is 11.3 Å². The Morgan fingerprint density at radius 1 is 0.935 bits per heavy atom. The van der Waals surface area contributed by atoms with Crippen molar-refractivity contribution in [3.8, 4) is 11.3 Å². The number of ether oxygens (including phenoxy) is 1. The molecule has 1 saturated carbocycles. The summed E-state index contributed by atoms with van der Waals surface area (Å²) in [6, 6.07) is 3.25. The van der Waals surface area contributed by atoms with Crippen molar-refractivity contribution in [3.05, 3.63) is 18.5 Å². The van der Waals surface area contributed by atoms with Crippen LogP contribution in [0.2, 0.25) is 0 Å². The van der Waals surface area contributed by atoms with Gasteiger partial charge in [0, 0.05) is 62.8 Å². The Morgan fingerprint density at radius 2 is 1.74 bits per heavy atom. The van der Waals surface area contributed by atoms with Crippen LogP contribution >= 0.6 is 0 Å². The lowest BCUT2D eigenvalue weighted by atomic mass is 9.91. The molecule has 2 atom stereocenters. The third-order valence-electron chi connectivity index (χ3n) is 7.34. The van der Waals surface area contributed by atoms with E-state index in [0.717, 1.165) is 81.2 Å². The van der Waals surface area contributed by atoms with Crippen LogP contribution in [0, 0.1) is 0 Å². The van der Waals surface area contributed by atoms with Crippen LogP contribution in [0.1, 0.15) is 32.1 Å². The standard InChI is InChI=1S/C22H30N8O/c23-21-24-11-15(12-25-21)19-10-20(30-13-18-5-4-17(30)14-31-18)27-22(26-19)29-8-6-28(7-9-29)16-2-1-3-16/h10-12,16-18H,1-9,13-14H2,(H2,23,24,25)/t17-,18-/m0/s1. The number of nitrogen functional groups attached to an aromatic ring is 1. The molecular weight excluding hydrogens is 392 g/mol. The molecule has 9 heteroatoms. The van der Waals surface area contributed by atoms with Gasteiger partial charge in [0.25, 0.3) is 0 Å². The van der Waals surface area contributed by atoms with Gasteiger partial charge in [0.1, 0.15) is 5.82 Å². The van der Waals surface area contributed by atoms with Crippen LogP contribution in [0.4, 0.5) is 17.7 Å². The molecule has 7 rings (SSSR count). The molecule has 0 spiro atoms. The van der Waals surface area contributed by atoms with Crippen molar-refractivity contribution < 1.29 is 4.74 Å². The van der Waals surface area contributed by atoms with Crippen molar-refractivity contribution in [2.45, 2.75) is 50.3 Å². The molecule has 9 nitrogen and oxygen atoms in total. The zero-order valence-electron chi connectivity index (χ0n) is 17.9. The van der Waals surface area contributed by atoms with Crippen LogP contribution in [0.5, 0.6) is 0 Å². The SMILES string of the molecule is Nc1ncc(-c2cc(N3C[C@@H]4CC[C@H]3CO4)nc(N3CCN(C4CCC4)CC3)n2)cn1. The Bertz CT molecular complexity index is 918. The average molecular weight is 423 g/mol. The van der Waals surface area contributed by atoms with E-state index < -0.39 is 0 Å². The van der Waals surface area contributed by atoms with Gasteiger partial charge in [0.05, 0.1) is 24.4 Å². The van der Waals surface area contributed by atoms with Crippen molar-refractivity contribution in [3.63, 3.8) is 0 Å². The average Bonchev–Trinajstić information content (AvgIpc) is 2.79. The van der Waals surface area contributed by atoms with Gasteiger partial charge in [-0.3, -0.25) is 4.90 Å². The van der Waals surface area contributed by atoms with Gasteiger partial charge in [0.15, 0.2) is 0 Å². The van der Waals surface area contributed by atoms with Crippen molar-refractivity contribution in [1.82, 2.24) is 24.8 Å². The first-order valence-corrected chi connectivity index (χ1v) is 11.6. The van der Waals surface area contributed by atoms with Crippen LogP contribution < -0.4 is 15.5 Å². The summed E-state index contributed by atoms with van der Waals surface area (Å²) in [5.41, 5.74) is 7.42. The second-order valence-electron chi connectivity index (χ2n) is 9.19. The van der Waals surface area contributed by atoms with Crippen LogP contribution in [0.15, 0.2) is 18.5 Å². The van der Waals surface area contributed by atoms with E-state index >= 15 is 0 Å². The van der Waals surface area contributed by atoms with E-state index in [0.29, 0.717) is 12.1 Å². The molecule has 2 bridgehead atoms. The number of piperidine rings is 1. The first-order valence-electron chi connectivity index (χ1n) is 11.6.